The fraction of sp³-hybridized carbons (Fsp3) is 0.667. The van der Waals surface area contributed by atoms with Crippen LogP contribution in [0.4, 0.5) is 4.79 Å². The maximum Gasteiger partial charge on any atom is 0.319 e. The highest BCUT2D eigenvalue weighted by atomic mass is 35.5. The summed E-state index contributed by atoms with van der Waals surface area (Å²) in [6.45, 7) is 0. The minimum Gasteiger partial charge on any atom is -0.309 e. The first-order valence-electron chi connectivity index (χ1n) is 2.30. The second-order valence-corrected chi connectivity index (χ2v) is 2.38. The summed E-state index contributed by atoms with van der Waals surface area (Å²) in [6.07, 6.45) is 0. The molecular formula is C3H5Cl2N3O. The number of halogens is 2. The zero-order valence-corrected chi connectivity index (χ0v) is 5.83. The van der Waals surface area contributed by atoms with Gasteiger partial charge < -0.3 is 10.6 Å². The van der Waals surface area contributed by atoms with Crippen molar-refractivity contribution in [1.29, 1.82) is 0 Å². The van der Waals surface area contributed by atoms with Gasteiger partial charge in [-0.3, -0.25) is 5.32 Å². The smallest absolute Gasteiger partial charge is 0.309 e. The van der Waals surface area contributed by atoms with Crippen molar-refractivity contribution in [3.8, 4) is 0 Å². The third-order valence-electron chi connectivity index (χ3n) is 0.808. The van der Waals surface area contributed by atoms with Gasteiger partial charge in [0.25, 0.3) is 0 Å². The first-order chi connectivity index (χ1) is 4.18. The van der Waals surface area contributed by atoms with Gasteiger partial charge in [0, 0.05) is 0 Å². The van der Waals surface area contributed by atoms with E-state index in [0.29, 0.717) is 0 Å². The summed E-state index contributed by atoms with van der Waals surface area (Å²) >= 11 is 10.9. The number of rotatable bonds is 0. The highest BCUT2D eigenvalue weighted by Crippen LogP contribution is 1.96. The molecule has 1 aliphatic rings. The van der Waals surface area contributed by atoms with E-state index in [2.05, 4.69) is 16.0 Å². The maximum atomic E-state index is 10.5. The average Bonchev–Trinajstić information content (AvgIpc) is 1.59. The summed E-state index contributed by atoms with van der Waals surface area (Å²) in [6, 6.07) is -0.367. The fourth-order valence-electron chi connectivity index (χ4n) is 0.484. The second-order valence-electron chi connectivity index (χ2n) is 1.51. The number of hydrogen-bond donors (Lipinski definition) is 3. The molecule has 9 heavy (non-hydrogen) atoms. The van der Waals surface area contributed by atoms with Crippen LogP contribution in [-0.4, -0.2) is 17.3 Å². The Morgan fingerprint density at radius 2 is 1.67 bits per heavy atom. The number of carbonyl (C=O) groups excluding carboxylic acids is 1. The lowest BCUT2D eigenvalue weighted by molar-refractivity contribution is 0.227. The van der Waals surface area contributed by atoms with Gasteiger partial charge in [-0.05, 0) is 0 Å². The Morgan fingerprint density at radius 3 is 2.00 bits per heavy atom. The zero-order chi connectivity index (χ0) is 6.85. The Hall–Kier alpha value is -0.190. The third kappa shape index (κ3) is 1.89. The highest BCUT2D eigenvalue weighted by Gasteiger charge is 2.19. The molecule has 4 nitrogen and oxygen atoms in total. The van der Waals surface area contributed by atoms with Crippen molar-refractivity contribution in [3.63, 3.8) is 0 Å². The van der Waals surface area contributed by atoms with Crippen molar-refractivity contribution in [3.05, 3.63) is 0 Å². The van der Waals surface area contributed by atoms with Crippen molar-refractivity contribution in [1.82, 2.24) is 16.0 Å². The van der Waals surface area contributed by atoms with Crippen molar-refractivity contribution in [2.45, 2.75) is 11.2 Å². The molecular weight excluding hydrogens is 165 g/mol. The lowest BCUT2D eigenvalue weighted by Gasteiger charge is -2.24. The Balaban J connectivity index is 2.43. The van der Waals surface area contributed by atoms with E-state index in [1.165, 1.54) is 0 Å². The van der Waals surface area contributed by atoms with Crippen LogP contribution in [0, 0.1) is 0 Å². The van der Waals surface area contributed by atoms with Gasteiger partial charge in [-0.15, -0.1) is 0 Å². The minimum absolute atomic E-state index is 0.367. The fourth-order valence-corrected chi connectivity index (χ4v) is 0.998. The van der Waals surface area contributed by atoms with E-state index in [0.717, 1.165) is 0 Å². The van der Waals surface area contributed by atoms with Gasteiger partial charge in [0.2, 0.25) is 0 Å². The van der Waals surface area contributed by atoms with Crippen molar-refractivity contribution < 1.29 is 4.79 Å². The molecule has 1 heterocycles. The standard InChI is InChI=1S/C3H5Cl2N3O/c4-1-6-2(5)8-3(9)7-1/h1-2,6H,(H2,7,8,9). The first kappa shape index (κ1) is 6.92. The van der Waals surface area contributed by atoms with Gasteiger partial charge >= 0.3 is 6.03 Å². The molecule has 0 spiro atoms. The molecule has 0 bridgehead atoms. The van der Waals surface area contributed by atoms with Gasteiger partial charge in [0.1, 0.15) is 0 Å². The van der Waals surface area contributed by atoms with Crippen LogP contribution >= 0.6 is 23.2 Å². The number of carbonyl (C=O) groups is 1. The summed E-state index contributed by atoms with van der Waals surface area (Å²) in [5, 5.41) is 7.26. The largest absolute Gasteiger partial charge is 0.319 e. The molecule has 1 fully saturated rings. The van der Waals surface area contributed by atoms with E-state index in [9.17, 15) is 4.79 Å². The molecule has 0 radical (unpaired) electrons. The summed E-state index contributed by atoms with van der Waals surface area (Å²) in [4.78, 5) is 10.5. The van der Waals surface area contributed by atoms with Gasteiger partial charge in [-0.25, -0.2) is 4.79 Å². The summed E-state index contributed by atoms with van der Waals surface area (Å²) in [5.41, 5.74) is -1.16. The number of alkyl halides is 2. The lowest BCUT2D eigenvalue weighted by atomic mass is 10.7. The van der Waals surface area contributed by atoms with Crippen LogP contribution in [0.15, 0.2) is 0 Å². The molecule has 0 aliphatic carbocycles. The molecule has 1 aliphatic heterocycles. The second kappa shape index (κ2) is 2.60. The van der Waals surface area contributed by atoms with Gasteiger partial charge in [-0.1, -0.05) is 23.2 Å². The molecule has 0 aromatic rings. The van der Waals surface area contributed by atoms with Crippen LogP contribution in [0.25, 0.3) is 0 Å². The van der Waals surface area contributed by atoms with Crippen LogP contribution in [0.2, 0.25) is 0 Å². The predicted octanol–water partition coefficient (Wildman–Crippen LogP) is -0.0664. The molecule has 2 atom stereocenters. The lowest BCUT2D eigenvalue weighted by Crippen LogP contribution is -2.60. The molecule has 1 saturated heterocycles. The maximum absolute atomic E-state index is 10.5. The average molecular weight is 170 g/mol. The Morgan fingerprint density at radius 1 is 1.22 bits per heavy atom. The van der Waals surface area contributed by atoms with Crippen LogP contribution in [0.5, 0.6) is 0 Å². The van der Waals surface area contributed by atoms with E-state index < -0.39 is 11.2 Å². The predicted molar refractivity (Wildman–Crippen MR) is 34.1 cm³/mol. The molecule has 52 valence electrons. The molecule has 2 amide bonds. The molecule has 3 N–H and O–H groups in total. The molecule has 6 heteroatoms. The molecule has 1 rings (SSSR count). The molecule has 0 aromatic carbocycles. The van der Waals surface area contributed by atoms with E-state index in [4.69, 9.17) is 23.2 Å². The van der Waals surface area contributed by atoms with Gasteiger partial charge in [0.05, 0.1) is 0 Å². The first-order valence-corrected chi connectivity index (χ1v) is 3.17. The topological polar surface area (TPSA) is 53.2 Å². The highest BCUT2D eigenvalue weighted by molar-refractivity contribution is 6.24. The monoisotopic (exact) mass is 169 g/mol. The minimum atomic E-state index is -0.582. The quantitative estimate of drug-likeness (QED) is 0.352. The van der Waals surface area contributed by atoms with Crippen LogP contribution in [-0.2, 0) is 0 Å². The van der Waals surface area contributed by atoms with E-state index in [1.807, 2.05) is 0 Å². The van der Waals surface area contributed by atoms with Crippen LogP contribution in [0.3, 0.4) is 0 Å². The van der Waals surface area contributed by atoms with Crippen LogP contribution < -0.4 is 16.0 Å². The zero-order valence-electron chi connectivity index (χ0n) is 4.32. The normalized spacial score (nSPS) is 35.1. The molecule has 0 aromatic heterocycles. The summed E-state index contributed by atoms with van der Waals surface area (Å²) < 4.78 is 0. The van der Waals surface area contributed by atoms with Crippen molar-refractivity contribution >= 4 is 29.2 Å². The van der Waals surface area contributed by atoms with E-state index >= 15 is 0 Å². The summed E-state index contributed by atoms with van der Waals surface area (Å²) in [7, 11) is 0. The van der Waals surface area contributed by atoms with Gasteiger partial charge in [-0.2, -0.15) is 0 Å². The number of amides is 2. The molecule has 0 saturated carbocycles. The van der Waals surface area contributed by atoms with E-state index in [-0.39, 0.29) is 6.03 Å². The van der Waals surface area contributed by atoms with Gasteiger partial charge in [0.15, 0.2) is 11.2 Å². The number of nitrogens with one attached hydrogen (secondary N) is 3. The third-order valence-corrected chi connectivity index (χ3v) is 1.28. The number of hydrogen-bond acceptors (Lipinski definition) is 2. The van der Waals surface area contributed by atoms with Crippen LogP contribution in [0.1, 0.15) is 0 Å². The van der Waals surface area contributed by atoms with Crippen molar-refractivity contribution in [2.75, 3.05) is 0 Å². The Bertz CT molecular complexity index is 118. The van der Waals surface area contributed by atoms with Crippen molar-refractivity contribution in [2.24, 2.45) is 0 Å². The molecule has 2 unspecified atom stereocenters. The summed E-state index contributed by atoms with van der Waals surface area (Å²) in [5.74, 6) is 0. The Labute approximate surface area is 61.9 Å². The number of urea groups is 1. The SMILES string of the molecule is O=C1NC(Cl)NC(Cl)N1. The van der Waals surface area contributed by atoms with E-state index in [1.54, 1.807) is 0 Å². The Kier molecular flexibility index (Phi) is 2.00.